The number of hydrogen-bond acceptors (Lipinski definition) is 7. The number of ether oxygens (including phenoxy) is 3. The van der Waals surface area contributed by atoms with Gasteiger partial charge < -0.3 is 29.3 Å². The summed E-state index contributed by atoms with van der Waals surface area (Å²) in [4.78, 5) is 22.7. The molecule has 3 aliphatic heterocycles. The highest BCUT2D eigenvalue weighted by Crippen LogP contribution is 2.35. The smallest absolute Gasteiger partial charge is 0.475 e. The number of likely N-dealkylation sites (tertiary alicyclic amines) is 1. The van der Waals surface area contributed by atoms with Crippen molar-refractivity contribution in [2.75, 3.05) is 34.0 Å². The Morgan fingerprint density at radius 1 is 1.03 bits per heavy atom. The van der Waals surface area contributed by atoms with Gasteiger partial charge in [-0.05, 0) is 44.6 Å². The second-order valence-corrected chi connectivity index (χ2v) is 8.30. The second-order valence-electron chi connectivity index (χ2n) is 8.30. The van der Waals surface area contributed by atoms with Crippen LogP contribution in [0.15, 0.2) is 18.2 Å². The van der Waals surface area contributed by atoms with Gasteiger partial charge in [-0.25, -0.2) is 9.59 Å². The van der Waals surface area contributed by atoms with E-state index in [4.69, 9.17) is 34.0 Å². The van der Waals surface area contributed by atoms with E-state index >= 15 is 0 Å². The number of carboxylic acid groups (broad SMARTS) is 2. The molecule has 2 N–H and O–H groups in total. The van der Waals surface area contributed by atoms with Crippen LogP contribution in [0.1, 0.15) is 18.4 Å². The van der Waals surface area contributed by atoms with E-state index in [1.807, 2.05) is 6.07 Å². The fourth-order valence-corrected chi connectivity index (χ4v) is 3.94. The highest BCUT2D eigenvalue weighted by atomic mass is 19.4. The average molecular weight is 532 g/mol. The summed E-state index contributed by atoms with van der Waals surface area (Å²) in [6.07, 6.45) is -7.42. The van der Waals surface area contributed by atoms with Gasteiger partial charge in [-0.2, -0.15) is 26.3 Å². The molecule has 3 heterocycles. The molecular formula is C21H26F6N2O7. The number of nitrogens with zero attached hydrogens (tertiary/aromatic N) is 2. The fraction of sp³-hybridized carbons (Fsp3) is 0.619. The molecule has 0 amide bonds. The highest BCUT2D eigenvalue weighted by molar-refractivity contribution is 5.73. The Hall–Kier alpha value is -2.78. The predicted octanol–water partition coefficient (Wildman–Crippen LogP) is 2.98. The lowest BCUT2D eigenvalue weighted by Gasteiger charge is -2.33. The molecule has 9 nitrogen and oxygen atoms in total. The van der Waals surface area contributed by atoms with Gasteiger partial charge in [0.25, 0.3) is 0 Å². The van der Waals surface area contributed by atoms with E-state index < -0.39 is 24.3 Å². The van der Waals surface area contributed by atoms with Gasteiger partial charge >= 0.3 is 24.3 Å². The van der Waals surface area contributed by atoms with Crippen molar-refractivity contribution in [2.24, 2.45) is 0 Å². The van der Waals surface area contributed by atoms with Gasteiger partial charge in [0.05, 0.1) is 6.10 Å². The Bertz CT molecular complexity index is 886. The molecule has 1 aromatic carbocycles. The number of alkyl halides is 6. The number of likely N-dealkylation sites (N-methyl/N-ethyl adjacent to an activating group) is 1. The number of carbonyl (C=O) groups is 2. The molecule has 3 aliphatic rings. The maximum Gasteiger partial charge on any atom is 0.490 e. The van der Waals surface area contributed by atoms with Crippen molar-refractivity contribution in [3.63, 3.8) is 0 Å². The van der Waals surface area contributed by atoms with Crippen LogP contribution in [0.25, 0.3) is 0 Å². The number of carboxylic acids is 2. The number of halogens is 6. The topological polar surface area (TPSA) is 109 Å². The van der Waals surface area contributed by atoms with Gasteiger partial charge in [0.2, 0.25) is 6.79 Å². The molecule has 2 saturated heterocycles. The van der Waals surface area contributed by atoms with E-state index in [2.05, 4.69) is 36.0 Å². The summed E-state index contributed by atoms with van der Waals surface area (Å²) in [5, 5.41) is 14.2. The molecule has 1 aromatic rings. The molecule has 0 radical (unpaired) electrons. The summed E-state index contributed by atoms with van der Waals surface area (Å²) in [6.45, 7) is 3.26. The SMILES string of the molecule is CN(C)[C@@H]1CN(Cc2ccc3c(c2)OCO3)[C@@H]2CCCO[C@H]12.O=C(O)C(F)(F)F.O=C(O)C(F)(F)F. The Kier molecular flexibility index (Phi) is 9.79. The molecule has 0 unspecified atom stereocenters. The third kappa shape index (κ3) is 8.13. The lowest BCUT2D eigenvalue weighted by Crippen LogP contribution is -2.45. The molecule has 15 heteroatoms. The predicted molar refractivity (Wildman–Crippen MR) is 111 cm³/mol. The quantitative estimate of drug-likeness (QED) is 0.568. The average Bonchev–Trinajstić information content (AvgIpc) is 3.38. The van der Waals surface area contributed by atoms with Crippen molar-refractivity contribution in [3.05, 3.63) is 23.8 Å². The van der Waals surface area contributed by atoms with Crippen LogP contribution in [0.5, 0.6) is 11.5 Å². The molecule has 0 saturated carbocycles. The minimum atomic E-state index is -5.08. The van der Waals surface area contributed by atoms with Gasteiger partial charge in [0.15, 0.2) is 11.5 Å². The van der Waals surface area contributed by atoms with Crippen LogP contribution in [0.4, 0.5) is 26.3 Å². The molecule has 0 aliphatic carbocycles. The summed E-state index contributed by atoms with van der Waals surface area (Å²) in [5.74, 6) is -3.78. The van der Waals surface area contributed by atoms with Crippen molar-refractivity contribution >= 4 is 11.9 Å². The maximum absolute atomic E-state index is 10.6. The van der Waals surface area contributed by atoms with E-state index in [9.17, 15) is 26.3 Å². The number of hydrogen-bond donors (Lipinski definition) is 2. The van der Waals surface area contributed by atoms with Crippen molar-refractivity contribution in [1.29, 1.82) is 0 Å². The third-order valence-electron chi connectivity index (χ3n) is 5.57. The van der Waals surface area contributed by atoms with Gasteiger partial charge in [0.1, 0.15) is 0 Å². The molecule has 36 heavy (non-hydrogen) atoms. The minimum absolute atomic E-state index is 0.337. The van der Waals surface area contributed by atoms with E-state index in [0.29, 0.717) is 25.0 Å². The van der Waals surface area contributed by atoms with Crippen LogP contribution in [0, 0.1) is 0 Å². The first-order valence-electron chi connectivity index (χ1n) is 10.6. The molecular weight excluding hydrogens is 506 g/mol. The molecule has 4 rings (SSSR count). The Morgan fingerprint density at radius 2 is 1.58 bits per heavy atom. The molecule has 0 aromatic heterocycles. The summed E-state index contributed by atoms with van der Waals surface area (Å²) >= 11 is 0. The largest absolute Gasteiger partial charge is 0.490 e. The Labute approximate surface area is 202 Å². The first-order chi connectivity index (χ1) is 16.6. The van der Waals surface area contributed by atoms with Crippen LogP contribution in [0.3, 0.4) is 0 Å². The highest BCUT2D eigenvalue weighted by Gasteiger charge is 2.44. The van der Waals surface area contributed by atoms with E-state index in [-0.39, 0.29) is 0 Å². The van der Waals surface area contributed by atoms with E-state index in [1.54, 1.807) is 0 Å². The van der Waals surface area contributed by atoms with Crippen molar-refractivity contribution in [2.45, 2.75) is 49.9 Å². The summed E-state index contributed by atoms with van der Waals surface area (Å²) < 4.78 is 80.5. The van der Waals surface area contributed by atoms with Crippen molar-refractivity contribution in [1.82, 2.24) is 9.80 Å². The standard InChI is InChI=1S/C17H24N2O3.2C2HF3O2/c1-18(2)14-10-19(13-4-3-7-20-17(13)14)9-12-5-6-15-16(8-12)22-11-21-15;2*3-2(4,5)1(6)7/h5-6,8,13-14,17H,3-4,7,9-11H2,1-2H3;2*(H,6,7)/t13-,14-,17+;;/m1../s1. The maximum atomic E-state index is 10.6. The van der Waals surface area contributed by atoms with Gasteiger partial charge in [-0.15, -0.1) is 0 Å². The van der Waals surface area contributed by atoms with Crippen LogP contribution < -0.4 is 9.47 Å². The van der Waals surface area contributed by atoms with Crippen LogP contribution in [-0.2, 0) is 20.9 Å². The molecule has 3 atom stereocenters. The zero-order valence-corrected chi connectivity index (χ0v) is 19.3. The molecule has 204 valence electrons. The normalized spacial score (nSPS) is 23.2. The summed E-state index contributed by atoms with van der Waals surface area (Å²) in [6, 6.07) is 7.30. The van der Waals surface area contributed by atoms with Crippen molar-refractivity contribution < 1.29 is 60.4 Å². The zero-order valence-electron chi connectivity index (χ0n) is 19.3. The summed E-state index contributed by atoms with van der Waals surface area (Å²) in [7, 11) is 4.31. The second kappa shape index (κ2) is 12.0. The molecule has 0 bridgehead atoms. The number of fused-ring (bicyclic) bond motifs is 2. The number of aliphatic carboxylic acids is 2. The first-order valence-corrected chi connectivity index (χ1v) is 10.6. The van der Waals surface area contributed by atoms with Crippen LogP contribution in [-0.4, -0.2) is 96.5 Å². The van der Waals surface area contributed by atoms with Crippen molar-refractivity contribution in [3.8, 4) is 11.5 Å². The monoisotopic (exact) mass is 532 g/mol. The summed E-state index contributed by atoms with van der Waals surface area (Å²) in [5.41, 5.74) is 1.29. The number of rotatable bonds is 3. The number of benzene rings is 1. The van der Waals surface area contributed by atoms with E-state index in [1.165, 1.54) is 18.4 Å². The first kappa shape index (κ1) is 29.5. The Balaban J connectivity index is 0.000000271. The van der Waals surface area contributed by atoms with Crippen LogP contribution in [0.2, 0.25) is 0 Å². The Morgan fingerprint density at radius 3 is 2.11 bits per heavy atom. The zero-order chi connectivity index (χ0) is 27.3. The van der Waals surface area contributed by atoms with Gasteiger partial charge in [-0.3, -0.25) is 4.90 Å². The molecule has 2 fully saturated rings. The third-order valence-corrected chi connectivity index (χ3v) is 5.57. The lowest BCUT2D eigenvalue weighted by atomic mass is 10.0. The van der Waals surface area contributed by atoms with Gasteiger partial charge in [-0.1, -0.05) is 6.07 Å². The molecule has 0 spiro atoms. The van der Waals surface area contributed by atoms with Crippen LogP contribution >= 0.6 is 0 Å². The fourth-order valence-electron chi connectivity index (χ4n) is 3.94. The lowest BCUT2D eigenvalue weighted by molar-refractivity contribution is -0.193. The van der Waals surface area contributed by atoms with Gasteiger partial charge in [0, 0.05) is 31.8 Å². The minimum Gasteiger partial charge on any atom is -0.475 e. The van der Waals surface area contributed by atoms with E-state index in [0.717, 1.165) is 31.2 Å².